The normalized spacial score (nSPS) is 9.00. The minimum atomic E-state index is 0.181. The van der Waals surface area contributed by atoms with E-state index < -0.39 is 0 Å². The lowest BCUT2D eigenvalue weighted by atomic mass is 10.5. The summed E-state index contributed by atoms with van der Waals surface area (Å²) in [6.07, 6.45) is 3.02. The van der Waals surface area contributed by atoms with Gasteiger partial charge in [0, 0.05) is 6.07 Å². The number of aromatic nitrogens is 1. The summed E-state index contributed by atoms with van der Waals surface area (Å²) in [6, 6.07) is 5.01. The van der Waals surface area contributed by atoms with Gasteiger partial charge < -0.3 is 0 Å². The van der Waals surface area contributed by atoms with Gasteiger partial charge >= 0.3 is 5.82 Å². The van der Waals surface area contributed by atoms with Gasteiger partial charge in [-0.2, -0.15) is 0 Å². The Hall–Kier alpha value is -1.71. The highest BCUT2D eigenvalue weighted by atomic mass is 16.8. The summed E-state index contributed by atoms with van der Waals surface area (Å²) in [5, 5.41) is 0. The van der Waals surface area contributed by atoms with Gasteiger partial charge in [0.1, 0.15) is 6.20 Å². The Kier molecular flexibility index (Phi) is 2.95. The van der Waals surface area contributed by atoms with E-state index in [4.69, 9.17) is 0 Å². The number of nitrogens with zero attached hydrogens (tertiary/aromatic N) is 2. The van der Waals surface area contributed by atoms with Gasteiger partial charge in [0.2, 0.25) is 0 Å². The van der Waals surface area contributed by atoms with Crippen LogP contribution in [0.15, 0.2) is 37.1 Å². The summed E-state index contributed by atoms with van der Waals surface area (Å²) < 4.78 is 0. The number of hydrogen-bond acceptors (Lipinski definition) is 3. The quantitative estimate of drug-likeness (QED) is 0.502. The summed E-state index contributed by atoms with van der Waals surface area (Å²) >= 11 is 0. The highest BCUT2D eigenvalue weighted by Crippen LogP contribution is 2.04. The molecular formula is C8H9N2O2+. The number of pyridine rings is 1. The van der Waals surface area contributed by atoms with Crippen molar-refractivity contribution in [3.05, 3.63) is 42.0 Å². The van der Waals surface area contributed by atoms with Crippen LogP contribution in [0, 0.1) is 4.91 Å². The van der Waals surface area contributed by atoms with E-state index in [1.54, 1.807) is 18.2 Å². The maximum absolute atomic E-state index is 11.0. The van der Waals surface area contributed by atoms with Gasteiger partial charge in [0.15, 0.2) is 11.5 Å². The maximum atomic E-state index is 11.0. The molecule has 1 heterocycles. The smallest absolute Gasteiger partial charge is 0.295 e. The number of rotatable bonds is 4. The van der Waals surface area contributed by atoms with Crippen LogP contribution in [0.5, 0.6) is 0 Å². The molecule has 0 bridgehead atoms. The Labute approximate surface area is 70.0 Å². The lowest BCUT2D eigenvalue weighted by molar-refractivity contribution is -0.744. The molecule has 0 saturated carbocycles. The molecule has 1 rings (SSSR count). The van der Waals surface area contributed by atoms with E-state index in [0.717, 1.165) is 0 Å². The first kappa shape index (κ1) is 8.39. The van der Waals surface area contributed by atoms with Gasteiger partial charge in [-0.15, -0.1) is 0 Å². The zero-order valence-electron chi connectivity index (χ0n) is 6.51. The van der Waals surface area contributed by atoms with Crippen molar-refractivity contribution in [2.75, 3.05) is 6.61 Å². The Morgan fingerprint density at radius 3 is 3.08 bits per heavy atom. The summed E-state index contributed by atoms with van der Waals surface area (Å²) in [6.45, 7) is 3.60. The van der Waals surface area contributed by atoms with E-state index in [0.29, 0.717) is 4.92 Å². The minimum absolute atomic E-state index is 0.181. The highest BCUT2D eigenvalue weighted by Gasteiger charge is 2.12. The molecular weight excluding hydrogens is 156 g/mol. The predicted octanol–water partition coefficient (Wildman–Crippen LogP) is 1.61. The molecule has 4 nitrogen and oxygen atoms in total. The molecule has 0 atom stereocenters. The van der Waals surface area contributed by atoms with Crippen LogP contribution in [0.1, 0.15) is 0 Å². The largest absolute Gasteiger partial charge is 0.408 e. The molecule has 62 valence electrons. The Balaban J connectivity index is 2.59. The van der Waals surface area contributed by atoms with Crippen molar-refractivity contribution in [1.82, 2.24) is 4.98 Å². The Bertz CT molecular complexity index is 272. The van der Waals surface area contributed by atoms with Gasteiger partial charge in [-0.1, -0.05) is 6.58 Å². The fourth-order valence-electron chi connectivity index (χ4n) is 0.648. The van der Waals surface area contributed by atoms with Crippen LogP contribution in [0.25, 0.3) is 0 Å². The second-order valence-corrected chi connectivity index (χ2v) is 2.03. The second-order valence-electron chi connectivity index (χ2n) is 2.03. The van der Waals surface area contributed by atoms with E-state index in [2.05, 4.69) is 16.4 Å². The molecule has 12 heavy (non-hydrogen) atoms. The van der Waals surface area contributed by atoms with E-state index >= 15 is 0 Å². The summed E-state index contributed by atoms with van der Waals surface area (Å²) in [5.74, 6) is 0.236. The zero-order valence-corrected chi connectivity index (χ0v) is 6.51. The average molecular weight is 165 g/mol. The molecule has 0 aromatic carbocycles. The molecule has 1 aromatic rings. The first-order valence-electron chi connectivity index (χ1n) is 3.46. The standard InChI is InChI=1S/C8H9N2O2/c1-2-7-12-10(11)8-5-3-4-6-9-8/h2-6H,1,7H2/q+1. The van der Waals surface area contributed by atoms with Crippen LogP contribution in [-0.4, -0.2) is 16.5 Å². The van der Waals surface area contributed by atoms with Crippen LogP contribution in [0.2, 0.25) is 0 Å². The van der Waals surface area contributed by atoms with Gasteiger partial charge in [-0.05, 0) is 28.1 Å². The highest BCUT2D eigenvalue weighted by molar-refractivity contribution is 5.15. The average Bonchev–Trinajstić information content (AvgIpc) is 2.15. The molecule has 0 saturated heterocycles. The molecule has 0 unspecified atom stereocenters. The van der Waals surface area contributed by atoms with Crippen molar-refractivity contribution in [2.24, 2.45) is 0 Å². The van der Waals surface area contributed by atoms with Crippen LogP contribution in [0.3, 0.4) is 0 Å². The van der Waals surface area contributed by atoms with Crippen molar-refractivity contribution >= 4 is 5.82 Å². The minimum Gasteiger partial charge on any atom is -0.295 e. The van der Waals surface area contributed by atoms with Crippen molar-refractivity contribution < 1.29 is 9.76 Å². The molecule has 0 radical (unpaired) electrons. The van der Waals surface area contributed by atoms with Gasteiger partial charge in [0.25, 0.3) is 0 Å². The van der Waals surface area contributed by atoms with Gasteiger partial charge in [-0.25, -0.2) is 0 Å². The molecule has 0 amide bonds. The third kappa shape index (κ3) is 2.16. The van der Waals surface area contributed by atoms with Crippen LogP contribution < -0.4 is 0 Å². The molecule has 0 N–H and O–H groups in total. The van der Waals surface area contributed by atoms with E-state index in [9.17, 15) is 4.91 Å². The Morgan fingerprint density at radius 1 is 1.67 bits per heavy atom. The lowest BCUT2D eigenvalue weighted by Gasteiger charge is -1.91. The van der Waals surface area contributed by atoms with E-state index in [1.807, 2.05) is 0 Å². The first-order chi connectivity index (χ1) is 5.84. The van der Waals surface area contributed by atoms with Crippen molar-refractivity contribution in [3.8, 4) is 0 Å². The van der Waals surface area contributed by atoms with Gasteiger partial charge in [0.05, 0.1) is 0 Å². The lowest BCUT2D eigenvalue weighted by Crippen LogP contribution is -2.03. The topological polar surface area (TPSA) is 42.2 Å². The monoisotopic (exact) mass is 165 g/mol. The first-order valence-corrected chi connectivity index (χ1v) is 3.46. The summed E-state index contributed by atoms with van der Waals surface area (Å²) in [4.78, 5) is 19.8. The maximum Gasteiger partial charge on any atom is 0.408 e. The van der Waals surface area contributed by atoms with Crippen molar-refractivity contribution in [2.45, 2.75) is 0 Å². The molecule has 0 spiro atoms. The molecule has 0 fully saturated rings. The predicted molar refractivity (Wildman–Crippen MR) is 43.7 cm³/mol. The van der Waals surface area contributed by atoms with Crippen LogP contribution in [0.4, 0.5) is 5.82 Å². The van der Waals surface area contributed by atoms with Crippen molar-refractivity contribution in [3.63, 3.8) is 0 Å². The summed E-state index contributed by atoms with van der Waals surface area (Å²) in [5.41, 5.74) is 0. The zero-order chi connectivity index (χ0) is 8.81. The fourth-order valence-corrected chi connectivity index (χ4v) is 0.648. The Morgan fingerprint density at radius 2 is 2.50 bits per heavy atom. The van der Waals surface area contributed by atoms with Crippen LogP contribution >= 0.6 is 0 Å². The number of hydrogen-bond donors (Lipinski definition) is 0. The fraction of sp³-hybridized carbons (Fsp3) is 0.125. The third-order valence-corrected chi connectivity index (χ3v) is 1.15. The third-order valence-electron chi connectivity index (χ3n) is 1.15. The van der Waals surface area contributed by atoms with Gasteiger partial charge in [-0.3, -0.25) is 4.84 Å². The second kappa shape index (κ2) is 4.23. The molecule has 1 aromatic heterocycles. The van der Waals surface area contributed by atoms with Crippen molar-refractivity contribution in [1.29, 1.82) is 0 Å². The molecule has 4 heteroatoms. The molecule has 0 aliphatic heterocycles. The van der Waals surface area contributed by atoms with Crippen LogP contribution in [-0.2, 0) is 4.84 Å². The SMILES string of the molecule is C=CCO[N+](=O)c1ccccn1. The molecule has 0 aliphatic carbocycles. The van der Waals surface area contributed by atoms with E-state index in [1.165, 1.54) is 12.3 Å². The summed E-state index contributed by atoms with van der Waals surface area (Å²) in [7, 11) is 0. The molecule has 0 aliphatic rings. The van der Waals surface area contributed by atoms with E-state index in [-0.39, 0.29) is 12.4 Å².